The van der Waals surface area contributed by atoms with E-state index in [4.69, 9.17) is 9.47 Å². The molecular weight excluding hydrogens is 444 g/mol. The van der Waals surface area contributed by atoms with Gasteiger partial charge in [-0.3, -0.25) is 19.3 Å². The Morgan fingerprint density at radius 3 is 2.64 bits per heavy atom. The van der Waals surface area contributed by atoms with Gasteiger partial charge in [-0.2, -0.15) is 0 Å². The zero-order valence-electron chi connectivity index (χ0n) is 17.2. The van der Waals surface area contributed by atoms with Gasteiger partial charge >= 0.3 is 0 Å². The SMILES string of the molecule is O=C(NCCN1C(=O)S/C(=C/c2ccc3c(c2)OCO3)C1=O)c1cc2ccccc2cc1O. The second-order valence-electron chi connectivity index (χ2n) is 7.42. The number of rotatable bonds is 5. The van der Waals surface area contributed by atoms with Crippen LogP contribution in [0.25, 0.3) is 16.8 Å². The Hall–Kier alpha value is -3.98. The summed E-state index contributed by atoms with van der Waals surface area (Å²) >= 11 is 0.843. The molecule has 3 aromatic rings. The molecule has 2 aliphatic heterocycles. The zero-order chi connectivity index (χ0) is 22.9. The van der Waals surface area contributed by atoms with Crippen LogP contribution >= 0.6 is 11.8 Å². The van der Waals surface area contributed by atoms with E-state index in [1.54, 1.807) is 30.3 Å². The van der Waals surface area contributed by atoms with Crippen LogP contribution in [0.15, 0.2) is 59.5 Å². The monoisotopic (exact) mass is 462 g/mol. The highest BCUT2D eigenvalue weighted by Crippen LogP contribution is 2.36. The average molecular weight is 462 g/mol. The molecule has 9 heteroatoms. The third-order valence-electron chi connectivity index (χ3n) is 5.30. The number of fused-ring (bicyclic) bond motifs is 2. The minimum absolute atomic E-state index is 0.0171. The molecular formula is C24H18N2O6S. The van der Waals surface area contributed by atoms with E-state index in [9.17, 15) is 19.5 Å². The minimum Gasteiger partial charge on any atom is -0.507 e. The summed E-state index contributed by atoms with van der Waals surface area (Å²) in [5.41, 5.74) is 0.843. The summed E-state index contributed by atoms with van der Waals surface area (Å²) in [6.45, 7) is 0.224. The molecule has 33 heavy (non-hydrogen) atoms. The Morgan fingerprint density at radius 1 is 1.06 bits per heavy atom. The van der Waals surface area contributed by atoms with Crippen molar-refractivity contribution in [3.8, 4) is 17.2 Å². The van der Waals surface area contributed by atoms with Gasteiger partial charge in [-0.25, -0.2) is 0 Å². The molecule has 0 aliphatic carbocycles. The molecule has 0 unspecified atom stereocenters. The molecule has 8 nitrogen and oxygen atoms in total. The van der Waals surface area contributed by atoms with Crippen molar-refractivity contribution in [2.24, 2.45) is 0 Å². The predicted molar refractivity (Wildman–Crippen MR) is 123 cm³/mol. The summed E-state index contributed by atoms with van der Waals surface area (Å²) in [5, 5.41) is 14.1. The van der Waals surface area contributed by atoms with E-state index in [0.29, 0.717) is 17.1 Å². The van der Waals surface area contributed by atoms with E-state index in [1.165, 1.54) is 6.07 Å². The summed E-state index contributed by atoms with van der Waals surface area (Å²) < 4.78 is 10.6. The Kier molecular flexibility index (Phi) is 5.39. The van der Waals surface area contributed by atoms with Crippen LogP contribution in [-0.4, -0.2) is 46.9 Å². The third-order valence-corrected chi connectivity index (χ3v) is 6.20. The van der Waals surface area contributed by atoms with E-state index in [0.717, 1.165) is 27.4 Å². The quantitative estimate of drug-likeness (QED) is 0.557. The largest absolute Gasteiger partial charge is 0.507 e. The van der Waals surface area contributed by atoms with Crippen molar-refractivity contribution < 1.29 is 29.0 Å². The lowest BCUT2D eigenvalue weighted by Gasteiger charge is -2.13. The molecule has 0 bridgehead atoms. The first-order chi connectivity index (χ1) is 16.0. The molecule has 5 rings (SSSR count). The van der Waals surface area contributed by atoms with Gasteiger partial charge in [0.15, 0.2) is 11.5 Å². The molecule has 3 amide bonds. The number of nitrogens with zero attached hydrogens (tertiary/aromatic N) is 1. The number of thioether (sulfide) groups is 1. The molecule has 0 spiro atoms. The van der Waals surface area contributed by atoms with Crippen LogP contribution in [0.2, 0.25) is 0 Å². The van der Waals surface area contributed by atoms with Crippen molar-refractivity contribution in [1.82, 2.24) is 10.2 Å². The van der Waals surface area contributed by atoms with Gasteiger partial charge in [0.1, 0.15) is 5.75 Å². The Labute approximate surface area is 192 Å². The number of imide groups is 1. The van der Waals surface area contributed by atoms with Gasteiger partial charge in [0.2, 0.25) is 6.79 Å². The molecule has 2 N–H and O–H groups in total. The third kappa shape index (κ3) is 4.10. The van der Waals surface area contributed by atoms with Gasteiger partial charge in [-0.15, -0.1) is 0 Å². The van der Waals surface area contributed by atoms with Crippen LogP contribution in [0.3, 0.4) is 0 Å². The number of aromatic hydroxyl groups is 1. The molecule has 2 heterocycles. The van der Waals surface area contributed by atoms with Gasteiger partial charge < -0.3 is 19.9 Å². The fourth-order valence-electron chi connectivity index (χ4n) is 3.63. The summed E-state index contributed by atoms with van der Waals surface area (Å²) in [6, 6.07) is 15.8. The zero-order valence-corrected chi connectivity index (χ0v) is 18.1. The van der Waals surface area contributed by atoms with Crippen molar-refractivity contribution >= 4 is 45.7 Å². The molecule has 1 fully saturated rings. The predicted octanol–water partition coefficient (Wildman–Crippen LogP) is 3.74. The summed E-state index contributed by atoms with van der Waals surface area (Å²) in [7, 11) is 0. The van der Waals surface area contributed by atoms with Crippen LogP contribution in [0.4, 0.5) is 4.79 Å². The lowest BCUT2D eigenvalue weighted by molar-refractivity contribution is -0.122. The number of phenols is 1. The number of carbonyl (C=O) groups excluding carboxylic acids is 3. The van der Waals surface area contributed by atoms with E-state index >= 15 is 0 Å². The van der Waals surface area contributed by atoms with E-state index < -0.39 is 17.1 Å². The number of hydrogen-bond acceptors (Lipinski definition) is 7. The van der Waals surface area contributed by atoms with Gasteiger partial charge in [-0.05, 0) is 58.4 Å². The standard InChI is InChI=1S/C24H18N2O6S/c27-18-12-16-4-2-1-3-15(16)11-17(18)22(28)25-7-8-26-23(29)21(33-24(26)30)10-14-5-6-19-20(9-14)32-13-31-19/h1-6,9-12,27H,7-8,13H2,(H,25,28)/b21-10+. The average Bonchev–Trinajstić information content (AvgIpc) is 3.37. The molecule has 0 saturated carbocycles. The lowest BCUT2D eigenvalue weighted by atomic mass is 10.1. The number of carbonyl (C=O) groups is 3. The maximum atomic E-state index is 12.7. The highest BCUT2D eigenvalue weighted by Gasteiger charge is 2.34. The second-order valence-corrected chi connectivity index (χ2v) is 8.41. The maximum absolute atomic E-state index is 12.7. The van der Waals surface area contributed by atoms with Crippen molar-refractivity contribution in [2.45, 2.75) is 0 Å². The van der Waals surface area contributed by atoms with Crippen LogP contribution in [0.5, 0.6) is 17.2 Å². The van der Waals surface area contributed by atoms with Crippen molar-refractivity contribution in [3.63, 3.8) is 0 Å². The maximum Gasteiger partial charge on any atom is 0.293 e. The fourth-order valence-corrected chi connectivity index (χ4v) is 4.50. The number of amides is 3. The number of ether oxygens (including phenoxy) is 2. The number of hydrogen-bond donors (Lipinski definition) is 2. The van der Waals surface area contributed by atoms with Crippen molar-refractivity contribution in [1.29, 1.82) is 0 Å². The van der Waals surface area contributed by atoms with E-state index in [2.05, 4.69) is 5.32 Å². The highest BCUT2D eigenvalue weighted by atomic mass is 32.2. The summed E-state index contributed by atoms with van der Waals surface area (Å²) in [5.74, 6) is 0.173. The summed E-state index contributed by atoms with van der Waals surface area (Å²) in [6.07, 6.45) is 1.62. The molecule has 0 radical (unpaired) electrons. The minimum atomic E-state index is -0.485. The van der Waals surface area contributed by atoms with Gasteiger partial charge in [0.05, 0.1) is 10.5 Å². The second kappa shape index (κ2) is 8.51. The first-order valence-corrected chi connectivity index (χ1v) is 11.0. The number of nitrogens with one attached hydrogen (secondary N) is 1. The Balaban J connectivity index is 1.23. The van der Waals surface area contributed by atoms with Crippen LogP contribution < -0.4 is 14.8 Å². The fraction of sp³-hybridized carbons (Fsp3) is 0.125. The topological polar surface area (TPSA) is 105 Å². The normalized spacial score (nSPS) is 16.1. The smallest absolute Gasteiger partial charge is 0.293 e. The lowest BCUT2D eigenvalue weighted by Crippen LogP contribution is -2.37. The number of benzene rings is 3. The van der Waals surface area contributed by atoms with Gasteiger partial charge in [-0.1, -0.05) is 30.3 Å². The highest BCUT2D eigenvalue weighted by molar-refractivity contribution is 8.18. The van der Waals surface area contributed by atoms with Crippen molar-refractivity contribution in [3.05, 3.63) is 70.6 Å². The summed E-state index contributed by atoms with van der Waals surface area (Å²) in [4.78, 5) is 39.0. The molecule has 0 atom stereocenters. The molecule has 1 saturated heterocycles. The van der Waals surface area contributed by atoms with Crippen molar-refractivity contribution in [2.75, 3.05) is 19.9 Å². The number of phenolic OH excluding ortho intramolecular Hbond substituents is 1. The van der Waals surface area contributed by atoms with Gasteiger partial charge in [0.25, 0.3) is 17.1 Å². The Bertz CT molecular complexity index is 1340. The van der Waals surface area contributed by atoms with E-state index in [-0.39, 0.29) is 36.1 Å². The van der Waals surface area contributed by atoms with Crippen LogP contribution in [-0.2, 0) is 4.79 Å². The van der Waals surface area contributed by atoms with E-state index in [1.807, 2.05) is 24.3 Å². The molecule has 2 aliphatic rings. The van der Waals surface area contributed by atoms with Crippen LogP contribution in [0.1, 0.15) is 15.9 Å². The molecule has 3 aromatic carbocycles. The first-order valence-electron chi connectivity index (χ1n) is 10.1. The first kappa shape index (κ1) is 20.9. The van der Waals surface area contributed by atoms with Crippen LogP contribution in [0, 0.1) is 0 Å². The Morgan fingerprint density at radius 2 is 1.82 bits per heavy atom. The molecule has 166 valence electrons. The molecule has 0 aromatic heterocycles. The van der Waals surface area contributed by atoms with Gasteiger partial charge in [0, 0.05) is 13.1 Å².